The highest BCUT2D eigenvalue weighted by Gasteiger charge is 2.19. The summed E-state index contributed by atoms with van der Waals surface area (Å²) in [7, 11) is 4.14. The van der Waals surface area contributed by atoms with Gasteiger partial charge in [-0.15, -0.1) is 30.6 Å². The van der Waals surface area contributed by atoms with Gasteiger partial charge in [-0.25, -0.2) is 0 Å². The van der Waals surface area contributed by atoms with E-state index >= 15 is 0 Å². The standard InChI is InChI=1S/C12H26N4.HI/c1-7-9-14-11(13-8-2)15-10-12(3,4)16(5)6;/h7H,1,8-10H2,2-6H3,(H2,13,14,15);1H. The van der Waals surface area contributed by atoms with Gasteiger partial charge in [0.05, 0.1) is 6.54 Å². The Bertz CT molecular complexity index is 237. The molecule has 0 aliphatic heterocycles. The van der Waals surface area contributed by atoms with Gasteiger partial charge in [0.25, 0.3) is 0 Å². The Morgan fingerprint density at radius 3 is 2.35 bits per heavy atom. The molecule has 0 radical (unpaired) electrons. The van der Waals surface area contributed by atoms with E-state index in [2.05, 4.69) is 62.0 Å². The molecule has 0 aromatic carbocycles. The van der Waals surface area contributed by atoms with E-state index in [9.17, 15) is 0 Å². The number of likely N-dealkylation sites (N-methyl/N-ethyl adjacent to an activating group) is 1. The molecule has 0 saturated heterocycles. The lowest BCUT2D eigenvalue weighted by atomic mass is 10.1. The second-order valence-electron chi connectivity index (χ2n) is 4.57. The molecular weight excluding hydrogens is 327 g/mol. The first-order valence-electron chi connectivity index (χ1n) is 5.74. The molecule has 0 spiro atoms. The molecule has 2 N–H and O–H groups in total. The first kappa shape index (κ1) is 19.0. The largest absolute Gasteiger partial charge is 0.357 e. The Morgan fingerprint density at radius 1 is 1.35 bits per heavy atom. The van der Waals surface area contributed by atoms with Gasteiger partial charge >= 0.3 is 0 Å². The molecular formula is C12H27IN4. The van der Waals surface area contributed by atoms with Crippen LogP contribution in [0.3, 0.4) is 0 Å². The SMILES string of the molecule is C=CCNC(=NCC(C)(C)N(C)C)NCC.I. The maximum atomic E-state index is 4.55. The predicted octanol–water partition coefficient (Wildman–Crippen LogP) is 1.69. The van der Waals surface area contributed by atoms with Crippen molar-refractivity contribution in [1.29, 1.82) is 0 Å². The molecule has 0 heterocycles. The van der Waals surface area contributed by atoms with Crippen LogP contribution in [0.2, 0.25) is 0 Å². The van der Waals surface area contributed by atoms with Crippen LogP contribution in [0.1, 0.15) is 20.8 Å². The van der Waals surface area contributed by atoms with Crippen molar-refractivity contribution in [3.05, 3.63) is 12.7 Å². The third kappa shape index (κ3) is 8.43. The van der Waals surface area contributed by atoms with Gasteiger partial charge in [-0.3, -0.25) is 4.99 Å². The molecule has 0 unspecified atom stereocenters. The third-order valence-electron chi connectivity index (χ3n) is 2.59. The average Bonchev–Trinajstić information content (AvgIpc) is 2.22. The molecule has 0 saturated carbocycles. The number of aliphatic imine (C=N–C) groups is 1. The Labute approximate surface area is 123 Å². The number of nitrogens with one attached hydrogen (secondary N) is 2. The van der Waals surface area contributed by atoms with Gasteiger partial charge in [0, 0.05) is 18.6 Å². The summed E-state index contributed by atoms with van der Waals surface area (Å²) in [6.07, 6.45) is 1.82. The van der Waals surface area contributed by atoms with E-state index in [0.29, 0.717) is 0 Å². The minimum absolute atomic E-state index is 0. The molecule has 4 nitrogen and oxygen atoms in total. The zero-order valence-corrected chi connectivity index (χ0v) is 14.0. The lowest BCUT2D eigenvalue weighted by Gasteiger charge is -2.31. The molecule has 17 heavy (non-hydrogen) atoms. The summed E-state index contributed by atoms with van der Waals surface area (Å²) in [6, 6.07) is 0. The fraction of sp³-hybridized carbons (Fsp3) is 0.750. The molecule has 0 aliphatic carbocycles. The number of rotatable bonds is 6. The van der Waals surface area contributed by atoms with Crippen LogP contribution in [-0.2, 0) is 0 Å². The Kier molecular flexibility index (Phi) is 10.9. The molecule has 0 atom stereocenters. The molecule has 0 aromatic rings. The van der Waals surface area contributed by atoms with E-state index in [1.807, 2.05) is 6.08 Å². The van der Waals surface area contributed by atoms with Gasteiger partial charge in [-0.05, 0) is 34.9 Å². The van der Waals surface area contributed by atoms with Crippen LogP contribution in [0, 0.1) is 0 Å². The number of hydrogen-bond acceptors (Lipinski definition) is 2. The number of hydrogen-bond donors (Lipinski definition) is 2. The minimum atomic E-state index is 0. The van der Waals surface area contributed by atoms with Crippen LogP contribution in [0.5, 0.6) is 0 Å². The molecule has 0 rings (SSSR count). The lowest BCUT2D eigenvalue weighted by Crippen LogP contribution is -2.43. The van der Waals surface area contributed by atoms with Crippen molar-refractivity contribution >= 4 is 29.9 Å². The van der Waals surface area contributed by atoms with Crippen LogP contribution in [0.15, 0.2) is 17.6 Å². The maximum absolute atomic E-state index is 4.55. The minimum Gasteiger partial charge on any atom is -0.357 e. The lowest BCUT2D eigenvalue weighted by molar-refractivity contribution is 0.205. The van der Waals surface area contributed by atoms with Gasteiger partial charge < -0.3 is 15.5 Å². The van der Waals surface area contributed by atoms with Crippen LogP contribution >= 0.6 is 24.0 Å². The number of guanidine groups is 1. The molecule has 0 bridgehead atoms. The molecule has 0 aliphatic rings. The quantitative estimate of drug-likeness (QED) is 0.330. The van der Waals surface area contributed by atoms with Gasteiger partial charge in [0.2, 0.25) is 0 Å². The summed E-state index contributed by atoms with van der Waals surface area (Å²) >= 11 is 0. The van der Waals surface area contributed by atoms with Crippen LogP contribution < -0.4 is 10.6 Å². The molecule has 102 valence electrons. The normalized spacial score (nSPS) is 12.0. The van der Waals surface area contributed by atoms with E-state index < -0.39 is 0 Å². The van der Waals surface area contributed by atoms with Crippen LogP contribution in [0.4, 0.5) is 0 Å². The molecule has 5 heteroatoms. The zero-order chi connectivity index (χ0) is 12.6. The van der Waals surface area contributed by atoms with Gasteiger partial charge in [-0.2, -0.15) is 0 Å². The van der Waals surface area contributed by atoms with Crippen molar-refractivity contribution in [2.45, 2.75) is 26.3 Å². The summed E-state index contributed by atoms with van der Waals surface area (Å²) < 4.78 is 0. The van der Waals surface area contributed by atoms with Crippen LogP contribution in [-0.4, -0.2) is 50.1 Å². The monoisotopic (exact) mass is 354 g/mol. The highest BCUT2D eigenvalue weighted by molar-refractivity contribution is 14.0. The second kappa shape index (κ2) is 9.70. The topological polar surface area (TPSA) is 39.7 Å². The Morgan fingerprint density at radius 2 is 1.94 bits per heavy atom. The van der Waals surface area contributed by atoms with Crippen molar-refractivity contribution in [1.82, 2.24) is 15.5 Å². The Balaban J connectivity index is 0. The summed E-state index contributed by atoms with van der Waals surface area (Å²) in [5.74, 6) is 0.845. The number of halogens is 1. The van der Waals surface area contributed by atoms with Crippen molar-refractivity contribution in [3.8, 4) is 0 Å². The van der Waals surface area contributed by atoms with E-state index in [1.165, 1.54) is 0 Å². The fourth-order valence-corrected chi connectivity index (χ4v) is 0.925. The van der Waals surface area contributed by atoms with Gasteiger partial charge in [0.1, 0.15) is 0 Å². The van der Waals surface area contributed by atoms with E-state index in [4.69, 9.17) is 0 Å². The van der Waals surface area contributed by atoms with Gasteiger partial charge in [0.15, 0.2) is 5.96 Å². The van der Waals surface area contributed by atoms with E-state index in [-0.39, 0.29) is 29.5 Å². The van der Waals surface area contributed by atoms with Crippen molar-refractivity contribution in [3.63, 3.8) is 0 Å². The number of nitrogens with zero attached hydrogens (tertiary/aromatic N) is 2. The smallest absolute Gasteiger partial charge is 0.191 e. The Hall–Kier alpha value is -0.300. The summed E-state index contributed by atoms with van der Waals surface area (Å²) in [6.45, 7) is 12.4. The second-order valence-corrected chi connectivity index (χ2v) is 4.57. The highest BCUT2D eigenvalue weighted by Crippen LogP contribution is 2.09. The zero-order valence-electron chi connectivity index (χ0n) is 11.7. The van der Waals surface area contributed by atoms with E-state index in [0.717, 1.165) is 25.6 Å². The molecule has 0 fully saturated rings. The average molecular weight is 354 g/mol. The first-order chi connectivity index (χ1) is 7.44. The predicted molar refractivity (Wildman–Crippen MR) is 87.4 cm³/mol. The maximum Gasteiger partial charge on any atom is 0.191 e. The van der Waals surface area contributed by atoms with Crippen molar-refractivity contribution < 1.29 is 0 Å². The fourth-order valence-electron chi connectivity index (χ4n) is 0.925. The summed E-state index contributed by atoms with van der Waals surface area (Å²) in [5, 5.41) is 6.39. The highest BCUT2D eigenvalue weighted by atomic mass is 127. The van der Waals surface area contributed by atoms with Gasteiger partial charge in [-0.1, -0.05) is 6.08 Å². The van der Waals surface area contributed by atoms with Crippen molar-refractivity contribution in [2.24, 2.45) is 4.99 Å². The summed E-state index contributed by atoms with van der Waals surface area (Å²) in [4.78, 5) is 6.72. The molecule has 0 aromatic heterocycles. The van der Waals surface area contributed by atoms with Crippen molar-refractivity contribution in [2.75, 3.05) is 33.7 Å². The van der Waals surface area contributed by atoms with E-state index in [1.54, 1.807) is 0 Å². The van der Waals surface area contributed by atoms with Crippen LogP contribution in [0.25, 0.3) is 0 Å². The summed E-state index contributed by atoms with van der Waals surface area (Å²) in [5.41, 5.74) is 0.0660. The first-order valence-corrected chi connectivity index (χ1v) is 5.74. The molecule has 0 amide bonds. The third-order valence-corrected chi connectivity index (χ3v) is 2.59.